The van der Waals surface area contributed by atoms with Gasteiger partial charge in [0.25, 0.3) is 0 Å². The summed E-state index contributed by atoms with van der Waals surface area (Å²) in [7, 11) is 1.32. The molecule has 2 atom stereocenters. The molecule has 0 bridgehead atoms. The van der Waals surface area contributed by atoms with E-state index in [-0.39, 0.29) is 12.3 Å². The van der Waals surface area contributed by atoms with Crippen molar-refractivity contribution in [2.75, 3.05) is 12.4 Å². The molecule has 1 heterocycles. The molecule has 156 valence electrons. The molecular weight excluding hydrogens is 425 g/mol. The highest BCUT2D eigenvalue weighted by Gasteiger charge is 2.34. The fourth-order valence-corrected chi connectivity index (χ4v) is 4.17. The van der Waals surface area contributed by atoms with Crippen LogP contribution in [0.5, 0.6) is 0 Å². The van der Waals surface area contributed by atoms with E-state index in [2.05, 4.69) is 16.7 Å². The quantitative estimate of drug-likeness (QED) is 0.649. The molecule has 1 amide bonds. The number of esters is 1. The number of amides is 1. The fourth-order valence-electron chi connectivity index (χ4n) is 3.54. The zero-order chi connectivity index (χ0) is 21.7. The third kappa shape index (κ3) is 5.24. The molecule has 0 radical (unpaired) electrons. The molecule has 0 aliphatic carbocycles. The van der Waals surface area contributed by atoms with E-state index >= 15 is 0 Å². The third-order valence-corrected chi connectivity index (χ3v) is 5.51. The molecule has 1 aliphatic heterocycles. The van der Waals surface area contributed by atoms with Crippen LogP contribution in [-0.4, -0.2) is 25.0 Å². The van der Waals surface area contributed by atoms with Crippen LogP contribution in [0.25, 0.3) is 0 Å². The predicted octanol–water partition coefficient (Wildman–Crippen LogP) is 4.21. The Morgan fingerprint density at radius 2 is 1.93 bits per heavy atom. The van der Waals surface area contributed by atoms with Crippen LogP contribution in [-0.2, 0) is 27.2 Å². The van der Waals surface area contributed by atoms with Crippen LogP contribution >= 0.6 is 23.2 Å². The molecule has 2 aromatic rings. The first-order valence-corrected chi connectivity index (χ1v) is 10.2. The molecule has 3 rings (SSSR count). The van der Waals surface area contributed by atoms with Gasteiger partial charge in [-0.25, -0.2) is 4.79 Å². The number of carbonyl (C=O) groups excluding carboxylic acids is 2. The van der Waals surface area contributed by atoms with Crippen molar-refractivity contribution >= 4 is 40.8 Å². The first kappa shape index (κ1) is 21.9. The van der Waals surface area contributed by atoms with E-state index in [1.807, 2.05) is 24.3 Å². The number of nitrogens with one attached hydrogen (secondary N) is 2. The van der Waals surface area contributed by atoms with Crippen molar-refractivity contribution in [1.82, 2.24) is 5.32 Å². The summed E-state index contributed by atoms with van der Waals surface area (Å²) in [5, 5.41) is 15.6. The minimum atomic E-state index is -0.623. The van der Waals surface area contributed by atoms with Crippen molar-refractivity contribution in [1.29, 1.82) is 5.26 Å². The molecule has 2 aromatic carbocycles. The summed E-state index contributed by atoms with van der Waals surface area (Å²) in [6, 6.07) is 11.9. The number of aryl methyl sites for hydroxylation is 1. The number of fused-ring (bicyclic) bond motifs is 1. The summed E-state index contributed by atoms with van der Waals surface area (Å²) in [6.07, 6.45) is 1.64. The molecule has 0 aromatic heterocycles. The van der Waals surface area contributed by atoms with E-state index in [0.717, 1.165) is 11.1 Å². The van der Waals surface area contributed by atoms with E-state index < -0.39 is 18.1 Å². The number of benzene rings is 2. The summed E-state index contributed by atoms with van der Waals surface area (Å²) in [4.78, 5) is 24.8. The average Bonchev–Trinajstić information content (AvgIpc) is 2.71. The van der Waals surface area contributed by atoms with Gasteiger partial charge in [0.1, 0.15) is 6.04 Å². The summed E-state index contributed by atoms with van der Waals surface area (Å²) in [5.74, 6) is -0.615. The first-order chi connectivity index (χ1) is 14.4. The Balaban J connectivity index is 1.75. The van der Waals surface area contributed by atoms with Crippen LogP contribution in [0.1, 0.15) is 35.6 Å². The Kier molecular flexibility index (Phi) is 7.20. The van der Waals surface area contributed by atoms with Gasteiger partial charge in [0.2, 0.25) is 5.91 Å². The molecule has 6 nitrogen and oxygen atoms in total. The lowest BCUT2D eigenvalue weighted by atomic mass is 9.92. The normalized spacial score (nSPS) is 17.3. The van der Waals surface area contributed by atoms with Crippen LogP contribution in [0.3, 0.4) is 0 Å². The van der Waals surface area contributed by atoms with Crippen LogP contribution in [0.15, 0.2) is 36.4 Å². The monoisotopic (exact) mass is 445 g/mol. The maximum Gasteiger partial charge on any atom is 0.328 e. The largest absolute Gasteiger partial charge is 0.467 e. The highest BCUT2D eigenvalue weighted by molar-refractivity contribution is 6.35. The molecule has 2 unspecified atom stereocenters. The number of nitriles is 1. The van der Waals surface area contributed by atoms with Crippen molar-refractivity contribution in [3.05, 3.63) is 63.1 Å². The van der Waals surface area contributed by atoms with Crippen molar-refractivity contribution in [3.63, 3.8) is 0 Å². The molecule has 30 heavy (non-hydrogen) atoms. The topological polar surface area (TPSA) is 91.2 Å². The SMILES string of the molecule is COC(=O)C1CC(NC(=O)Cc2ccc(CCC#N)cc2)c2c(Cl)cc(Cl)cc2N1. The van der Waals surface area contributed by atoms with E-state index in [4.69, 9.17) is 33.2 Å². The van der Waals surface area contributed by atoms with Gasteiger partial charge in [-0.3, -0.25) is 4.79 Å². The van der Waals surface area contributed by atoms with Gasteiger partial charge in [0, 0.05) is 34.1 Å². The number of nitrogens with zero attached hydrogens (tertiary/aromatic N) is 1. The summed E-state index contributed by atoms with van der Waals surface area (Å²) in [6.45, 7) is 0. The molecule has 0 spiro atoms. The molecule has 1 aliphatic rings. The molecule has 2 N–H and O–H groups in total. The van der Waals surface area contributed by atoms with E-state index in [1.54, 1.807) is 12.1 Å². The van der Waals surface area contributed by atoms with Crippen molar-refractivity contribution in [3.8, 4) is 6.07 Å². The first-order valence-electron chi connectivity index (χ1n) is 9.48. The summed E-state index contributed by atoms with van der Waals surface area (Å²) < 4.78 is 4.85. The highest BCUT2D eigenvalue weighted by atomic mass is 35.5. The Morgan fingerprint density at radius 1 is 1.23 bits per heavy atom. The van der Waals surface area contributed by atoms with Gasteiger partial charge in [-0.05, 0) is 29.7 Å². The number of hydrogen-bond donors (Lipinski definition) is 2. The maximum atomic E-state index is 12.7. The molecule has 0 saturated carbocycles. The van der Waals surface area contributed by atoms with Gasteiger partial charge < -0.3 is 15.4 Å². The number of methoxy groups -OCH3 is 1. The van der Waals surface area contributed by atoms with E-state index in [0.29, 0.717) is 40.6 Å². The van der Waals surface area contributed by atoms with Crippen LogP contribution in [0.4, 0.5) is 5.69 Å². The molecule has 8 heteroatoms. The summed E-state index contributed by atoms with van der Waals surface area (Å²) >= 11 is 12.5. The zero-order valence-electron chi connectivity index (χ0n) is 16.4. The van der Waals surface area contributed by atoms with Gasteiger partial charge in [0.05, 0.1) is 25.6 Å². The molecular formula is C22H21Cl2N3O3. The molecule has 0 fully saturated rings. The zero-order valence-corrected chi connectivity index (χ0v) is 17.9. The maximum absolute atomic E-state index is 12.7. The second-order valence-corrected chi connectivity index (χ2v) is 7.92. The standard InChI is InChI=1S/C22H21Cl2N3O3/c1-30-22(29)19-12-18(21-16(24)10-15(23)11-17(21)26-19)27-20(28)9-14-6-4-13(5-7-14)3-2-8-25/h4-7,10-11,18-19,26H,2-3,9,12H2,1H3,(H,27,28). The second kappa shape index (κ2) is 9.84. The Bertz CT molecular complexity index is 986. The predicted molar refractivity (Wildman–Crippen MR) is 115 cm³/mol. The van der Waals surface area contributed by atoms with Crippen LogP contribution in [0.2, 0.25) is 10.0 Å². The Morgan fingerprint density at radius 3 is 2.60 bits per heavy atom. The van der Waals surface area contributed by atoms with Crippen LogP contribution < -0.4 is 10.6 Å². The van der Waals surface area contributed by atoms with Gasteiger partial charge in [0.15, 0.2) is 0 Å². The van der Waals surface area contributed by atoms with Crippen molar-refractivity contribution < 1.29 is 14.3 Å². The lowest BCUT2D eigenvalue weighted by Gasteiger charge is -2.33. The number of rotatable bonds is 6. The fraction of sp³-hybridized carbons (Fsp3) is 0.318. The highest BCUT2D eigenvalue weighted by Crippen LogP contribution is 2.40. The van der Waals surface area contributed by atoms with Gasteiger partial charge in [-0.2, -0.15) is 5.26 Å². The number of carbonyl (C=O) groups is 2. The van der Waals surface area contributed by atoms with E-state index in [1.165, 1.54) is 7.11 Å². The lowest BCUT2D eigenvalue weighted by Crippen LogP contribution is -2.42. The van der Waals surface area contributed by atoms with Gasteiger partial charge in [-0.15, -0.1) is 0 Å². The Hall–Kier alpha value is -2.75. The van der Waals surface area contributed by atoms with Crippen molar-refractivity contribution in [2.24, 2.45) is 0 Å². The van der Waals surface area contributed by atoms with Gasteiger partial charge >= 0.3 is 5.97 Å². The number of ether oxygens (including phenoxy) is 1. The second-order valence-electron chi connectivity index (χ2n) is 7.08. The molecule has 0 saturated heterocycles. The number of anilines is 1. The van der Waals surface area contributed by atoms with Crippen molar-refractivity contribution in [2.45, 2.75) is 37.8 Å². The van der Waals surface area contributed by atoms with Gasteiger partial charge in [-0.1, -0.05) is 47.5 Å². The minimum absolute atomic E-state index is 0.186. The Labute approximate surface area is 185 Å². The number of halogens is 2. The number of hydrogen-bond acceptors (Lipinski definition) is 5. The van der Waals surface area contributed by atoms with E-state index in [9.17, 15) is 9.59 Å². The average molecular weight is 446 g/mol. The third-order valence-electron chi connectivity index (χ3n) is 4.98. The summed E-state index contributed by atoms with van der Waals surface area (Å²) in [5.41, 5.74) is 3.20. The minimum Gasteiger partial charge on any atom is -0.467 e. The van der Waals surface area contributed by atoms with Crippen LogP contribution in [0, 0.1) is 11.3 Å². The smallest absolute Gasteiger partial charge is 0.328 e. The lowest BCUT2D eigenvalue weighted by molar-refractivity contribution is -0.142.